The Morgan fingerprint density at radius 2 is 2.00 bits per heavy atom. The molecule has 2 aromatic heterocycles. The van der Waals surface area contributed by atoms with E-state index in [1.807, 2.05) is 54.6 Å². The predicted molar refractivity (Wildman–Crippen MR) is 125 cm³/mol. The van der Waals surface area contributed by atoms with E-state index in [-0.39, 0.29) is 11.7 Å². The van der Waals surface area contributed by atoms with E-state index < -0.39 is 0 Å². The van der Waals surface area contributed by atoms with Crippen molar-refractivity contribution < 1.29 is 9.21 Å². The molecule has 2 heterocycles. The van der Waals surface area contributed by atoms with Crippen LogP contribution in [-0.2, 0) is 11.3 Å². The third kappa shape index (κ3) is 5.65. The van der Waals surface area contributed by atoms with Crippen LogP contribution >= 0.6 is 23.4 Å². The predicted octanol–water partition coefficient (Wildman–Crippen LogP) is 5.24. The Balaban J connectivity index is 1.40. The molecule has 0 fully saturated rings. The Bertz CT molecular complexity index is 1210. The van der Waals surface area contributed by atoms with Gasteiger partial charge in [-0.25, -0.2) is 10.4 Å². The van der Waals surface area contributed by atoms with Crippen molar-refractivity contribution in [2.24, 2.45) is 5.10 Å². The van der Waals surface area contributed by atoms with Crippen molar-refractivity contribution in [1.29, 1.82) is 0 Å². The monoisotopic (exact) mass is 450 g/mol. The maximum atomic E-state index is 12.2. The molecule has 0 spiro atoms. The zero-order valence-corrected chi connectivity index (χ0v) is 18.0. The lowest BCUT2D eigenvalue weighted by molar-refractivity contribution is -0.118. The lowest BCUT2D eigenvalue weighted by atomic mass is 10.2. The highest BCUT2D eigenvalue weighted by Gasteiger charge is 2.13. The van der Waals surface area contributed by atoms with Gasteiger partial charge in [-0.3, -0.25) is 4.79 Å². The Hall–Kier alpha value is -3.29. The number of allylic oxidation sites excluding steroid dienone is 1. The number of aromatic nitrogens is 2. The highest BCUT2D eigenvalue weighted by Crippen LogP contribution is 2.25. The van der Waals surface area contributed by atoms with E-state index in [0.29, 0.717) is 17.3 Å². The van der Waals surface area contributed by atoms with Gasteiger partial charge in [0.15, 0.2) is 5.16 Å². The van der Waals surface area contributed by atoms with Crippen LogP contribution in [0.2, 0.25) is 5.02 Å². The summed E-state index contributed by atoms with van der Waals surface area (Å²) in [7, 11) is 0. The van der Waals surface area contributed by atoms with Crippen LogP contribution in [0.3, 0.4) is 0 Å². The van der Waals surface area contributed by atoms with Gasteiger partial charge >= 0.3 is 0 Å². The lowest BCUT2D eigenvalue weighted by Crippen LogP contribution is -2.19. The van der Waals surface area contributed by atoms with Gasteiger partial charge in [-0.05, 0) is 54.1 Å². The molecule has 1 N–H and O–H groups in total. The molecular formula is C23H19ClN4O2S. The van der Waals surface area contributed by atoms with E-state index in [1.165, 1.54) is 18.0 Å². The second-order valence-corrected chi connectivity index (χ2v) is 7.95. The van der Waals surface area contributed by atoms with Gasteiger partial charge in [-0.1, -0.05) is 47.6 Å². The molecular weight excluding hydrogens is 432 g/mol. The Morgan fingerprint density at radius 3 is 2.81 bits per heavy atom. The van der Waals surface area contributed by atoms with Gasteiger partial charge in [-0.15, -0.1) is 0 Å². The van der Waals surface area contributed by atoms with E-state index in [1.54, 1.807) is 24.5 Å². The molecule has 0 atom stereocenters. The molecule has 0 aliphatic carbocycles. The number of carbonyl (C=O) groups excluding carboxylic acids is 1. The van der Waals surface area contributed by atoms with Gasteiger partial charge in [0.25, 0.3) is 5.91 Å². The molecule has 4 aromatic rings. The molecule has 4 rings (SSSR count). The first kappa shape index (κ1) is 21.0. The number of fused-ring (bicyclic) bond motifs is 1. The molecule has 31 heavy (non-hydrogen) atoms. The number of hydrazone groups is 1. The average Bonchev–Trinajstić information content (AvgIpc) is 3.42. The molecule has 156 valence electrons. The number of hydrogen-bond acceptors (Lipinski definition) is 5. The summed E-state index contributed by atoms with van der Waals surface area (Å²) in [6, 6.07) is 19.3. The average molecular weight is 451 g/mol. The largest absolute Gasteiger partial charge is 0.465 e. The van der Waals surface area contributed by atoms with Crippen molar-refractivity contribution in [3.63, 3.8) is 0 Å². The van der Waals surface area contributed by atoms with E-state index >= 15 is 0 Å². The van der Waals surface area contributed by atoms with Gasteiger partial charge in [0.2, 0.25) is 0 Å². The molecule has 0 unspecified atom stereocenters. The first-order chi connectivity index (χ1) is 15.2. The first-order valence-electron chi connectivity index (χ1n) is 9.53. The smallest absolute Gasteiger partial charge is 0.250 e. The summed E-state index contributed by atoms with van der Waals surface area (Å²) >= 11 is 7.38. The standard InChI is InChI=1S/C23H19ClN4O2S/c24-18-11-9-17(10-12-18)15-28-21-8-2-1-7-20(21)26-23(28)31-16-22(29)27-25-13-3-5-19-6-4-14-30-19/h1-14H,15-16H2,(H,27,29)/b5-3+,25-13-. The van der Waals surface area contributed by atoms with Crippen molar-refractivity contribution in [1.82, 2.24) is 15.0 Å². The number of benzene rings is 2. The summed E-state index contributed by atoms with van der Waals surface area (Å²) < 4.78 is 7.28. The topological polar surface area (TPSA) is 72.4 Å². The summed E-state index contributed by atoms with van der Waals surface area (Å²) in [6.07, 6.45) is 6.54. The van der Waals surface area contributed by atoms with Crippen molar-refractivity contribution in [3.05, 3.63) is 89.3 Å². The molecule has 8 heteroatoms. The number of carbonyl (C=O) groups is 1. The second kappa shape index (κ2) is 10.1. The van der Waals surface area contributed by atoms with Crippen molar-refractivity contribution in [2.75, 3.05) is 5.75 Å². The van der Waals surface area contributed by atoms with Crippen molar-refractivity contribution in [3.8, 4) is 0 Å². The van der Waals surface area contributed by atoms with Crippen molar-refractivity contribution in [2.45, 2.75) is 11.7 Å². The maximum absolute atomic E-state index is 12.2. The Kier molecular flexibility index (Phi) is 6.86. The number of furan rings is 1. The summed E-state index contributed by atoms with van der Waals surface area (Å²) in [5.74, 6) is 0.703. The fourth-order valence-corrected chi connectivity index (χ4v) is 3.86. The first-order valence-corrected chi connectivity index (χ1v) is 10.9. The Labute approximate surface area is 188 Å². The van der Waals surface area contributed by atoms with Crippen LogP contribution in [0.4, 0.5) is 0 Å². The quantitative estimate of drug-likeness (QED) is 0.226. The Morgan fingerprint density at radius 1 is 1.16 bits per heavy atom. The van der Waals surface area contributed by atoms with Crippen LogP contribution in [0.25, 0.3) is 17.1 Å². The summed E-state index contributed by atoms with van der Waals surface area (Å²) in [5, 5.41) is 5.39. The number of amides is 1. The number of hydrogen-bond donors (Lipinski definition) is 1. The SMILES string of the molecule is O=C(CSc1nc2ccccc2n1Cc1ccc(Cl)cc1)N/N=C\C=C\c1ccco1. The minimum Gasteiger partial charge on any atom is -0.465 e. The number of nitrogens with one attached hydrogen (secondary N) is 1. The molecule has 1 amide bonds. The minimum atomic E-state index is -0.210. The number of para-hydroxylation sites is 2. The highest BCUT2D eigenvalue weighted by molar-refractivity contribution is 7.99. The molecule has 0 saturated carbocycles. The summed E-state index contributed by atoms with van der Waals surface area (Å²) in [6.45, 7) is 0.636. The minimum absolute atomic E-state index is 0.198. The number of rotatable bonds is 8. The summed E-state index contributed by atoms with van der Waals surface area (Å²) in [4.78, 5) is 16.9. The molecule has 0 aliphatic rings. The van der Waals surface area contributed by atoms with E-state index in [4.69, 9.17) is 21.0 Å². The summed E-state index contributed by atoms with van der Waals surface area (Å²) in [5.41, 5.74) is 5.53. The van der Waals surface area contributed by atoms with E-state index in [0.717, 1.165) is 21.8 Å². The fourth-order valence-electron chi connectivity index (χ4n) is 2.93. The van der Waals surface area contributed by atoms with Gasteiger partial charge in [0.1, 0.15) is 5.76 Å². The fraction of sp³-hybridized carbons (Fsp3) is 0.0870. The number of thioether (sulfide) groups is 1. The van der Waals surface area contributed by atoms with Gasteiger partial charge in [0.05, 0.1) is 29.6 Å². The molecule has 0 saturated heterocycles. The van der Waals surface area contributed by atoms with Crippen LogP contribution in [0.5, 0.6) is 0 Å². The highest BCUT2D eigenvalue weighted by atomic mass is 35.5. The van der Waals surface area contributed by atoms with Crippen LogP contribution in [0.15, 0.2) is 87.7 Å². The van der Waals surface area contributed by atoms with Crippen molar-refractivity contribution >= 4 is 52.6 Å². The zero-order chi connectivity index (χ0) is 21.5. The van der Waals surface area contributed by atoms with E-state index in [2.05, 4.69) is 15.1 Å². The van der Waals surface area contributed by atoms with Crippen LogP contribution in [0, 0.1) is 0 Å². The molecule has 0 aliphatic heterocycles. The van der Waals surface area contributed by atoms with Crippen LogP contribution < -0.4 is 5.43 Å². The lowest BCUT2D eigenvalue weighted by Gasteiger charge is -2.09. The normalized spacial score (nSPS) is 11.6. The third-order valence-corrected chi connectivity index (χ3v) is 5.59. The molecule has 6 nitrogen and oxygen atoms in total. The third-order valence-electron chi connectivity index (χ3n) is 4.36. The van der Waals surface area contributed by atoms with Crippen LogP contribution in [0.1, 0.15) is 11.3 Å². The maximum Gasteiger partial charge on any atom is 0.250 e. The molecule has 0 radical (unpaired) electrons. The second-order valence-electron chi connectivity index (χ2n) is 6.57. The zero-order valence-electron chi connectivity index (χ0n) is 16.4. The van der Waals surface area contributed by atoms with Gasteiger partial charge < -0.3 is 8.98 Å². The number of imidazole rings is 1. The van der Waals surface area contributed by atoms with E-state index in [9.17, 15) is 4.79 Å². The van der Waals surface area contributed by atoms with Gasteiger partial charge in [-0.2, -0.15) is 5.10 Å². The number of halogens is 1. The van der Waals surface area contributed by atoms with Gasteiger partial charge in [0, 0.05) is 11.2 Å². The molecule has 0 bridgehead atoms. The number of nitrogens with zero attached hydrogens (tertiary/aromatic N) is 3. The molecule has 2 aromatic carbocycles. The van der Waals surface area contributed by atoms with Crippen LogP contribution in [-0.4, -0.2) is 27.4 Å².